The standard InChI is InChI=1S/C15H17NO4/c1-2-7-16-9-10(8-12(14(17)18)15(19)20)11-5-3-4-6-13(11)16/h3-6,9,12H,2,7-8H2,1H3,(H,17,18)(H,19,20). The van der Waals surface area contributed by atoms with Crippen LogP contribution in [0.5, 0.6) is 0 Å². The van der Waals surface area contributed by atoms with Crippen LogP contribution in [0.1, 0.15) is 18.9 Å². The largest absolute Gasteiger partial charge is 0.481 e. The van der Waals surface area contributed by atoms with Crippen molar-refractivity contribution < 1.29 is 19.8 Å². The van der Waals surface area contributed by atoms with Crippen LogP contribution in [0.4, 0.5) is 0 Å². The summed E-state index contributed by atoms with van der Waals surface area (Å²) in [5.74, 6) is -4.01. The lowest BCUT2D eigenvalue weighted by molar-refractivity contribution is -0.154. The van der Waals surface area contributed by atoms with Crippen molar-refractivity contribution in [3.8, 4) is 0 Å². The molecule has 1 aromatic carbocycles. The number of hydrogen-bond acceptors (Lipinski definition) is 2. The Kier molecular flexibility index (Phi) is 4.08. The molecule has 2 aromatic rings. The number of rotatable bonds is 6. The zero-order valence-corrected chi connectivity index (χ0v) is 11.2. The molecule has 0 spiro atoms. The highest BCUT2D eigenvalue weighted by molar-refractivity contribution is 5.94. The van der Waals surface area contributed by atoms with Gasteiger partial charge >= 0.3 is 11.9 Å². The molecule has 2 rings (SSSR count). The molecule has 0 amide bonds. The minimum absolute atomic E-state index is 0.00188. The van der Waals surface area contributed by atoms with Crippen LogP contribution in [0, 0.1) is 5.92 Å². The summed E-state index contributed by atoms with van der Waals surface area (Å²) in [4.78, 5) is 22.1. The molecule has 5 nitrogen and oxygen atoms in total. The first-order chi connectivity index (χ1) is 9.54. The van der Waals surface area contributed by atoms with E-state index in [0.717, 1.165) is 29.4 Å². The number of carboxylic acids is 2. The molecule has 0 aliphatic carbocycles. The number of nitrogens with zero attached hydrogens (tertiary/aromatic N) is 1. The van der Waals surface area contributed by atoms with Crippen LogP contribution in [-0.2, 0) is 22.6 Å². The van der Waals surface area contributed by atoms with E-state index in [0.29, 0.717) is 0 Å². The Bertz CT molecular complexity index is 630. The predicted octanol–water partition coefficient (Wildman–Crippen LogP) is 2.38. The Hall–Kier alpha value is -2.30. The minimum Gasteiger partial charge on any atom is -0.481 e. The van der Waals surface area contributed by atoms with Gasteiger partial charge < -0.3 is 14.8 Å². The van der Waals surface area contributed by atoms with Gasteiger partial charge in [0.05, 0.1) is 0 Å². The first-order valence-corrected chi connectivity index (χ1v) is 6.57. The van der Waals surface area contributed by atoms with Crippen molar-refractivity contribution in [3.63, 3.8) is 0 Å². The van der Waals surface area contributed by atoms with E-state index in [1.165, 1.54) is 0 Å². The highest BCUT2D eigenvalue weighted by Crippen LogP contribution is 2.24. The molecule has 5 heteroatoms. The molecular weight excluding hydrogens is 258 g/mol. The molecule has 0 aliphatic heterocycles. The fourth-order valence-corrected chi connectivity index (χ4v) is 2.41. The van der Waals surface area contributed by atoms with Crippen LogP contribution >= 0.6 is 0 Å². The van der Waals surface area contributed by atoms with Crippen LogP contribution in [-0.4, -0.2) is 26.7 Å². The van der Waals surface area contributed by atoms with Crippen LogP contribution in [0.3, 0.4) is 0 Å². The topological polar surface area (TPSA) is 79.5 Å². The lowest BCUT2D eigenvalue weighted by atomic mass is 9.99. The molecule has 0 aliphatic rings. The molecule has 0 atom stereocenters. The van der Waals surface area contributed by atoms with E-state index in [9.17, 15) is 9.59 Å². The van der Waals surface area contributed by atoms with Crippen molar-refractivity contribution in [3.05, 3.63) is 36.0 Å². The summed E-state index contributed by atoms with van der Waals surface area (Å²) in [6.45, 7) is 2.89. The van der Waals surface area contributed by atoms with E-state index < -0.39 is 17.9 Å². The number of carbonyl (C=O) groups is 2. The summed E-state index contributed by atoms with van der Waals surface area (Å²) in [5.41, 5.74) is 1.78. The summed E-state index contributed by atoms with van der Waals surface area (Å²) in [7, 11) is 0. The van der Waals surface area contributed by atoms with Crippen LogP contribution < -0.4 is 0 Å². The Morgan fingerprint density at radius 2 is 1.85 bits per heavy atom. The molecule has 0 fully saturated rings. The summed E-state index contributed by atoms with van der Waals surface area (Å²) in [6, 6.07) is 7.66. The Morgan fingerprint density at radius 3 is 2.45 bits per heavy atom. The third kappa shape index (κ3) is 2.66. The van der Waals surface area contributed by atoms with E-state index in [1.807, 2.05) is 35.0 Å². The maximum Gasteiger partial charge on any atom is 0.318 e. The van der Waals surface area contributed by atoms with E-state index in [1.54, 1.807) is 0 Å². The van der Waals surface area contributed by atoms with Crippen molar-refractivity contribution in [2.24, 2.45) is 5.92 Å². The Labute approximate surface area is 116 Å². The van der Waals surface area contributed by atoms with Crippen LogP contribution in [0.25, 0.3) is 10.9 Å². The van der Waals surface area contributed by atoms with E-state index in [2.05, 4.69) is 6.92 Å². The summed E-state index contributed by atoms with van der Waals surface area (Å²) >= 11 is 0. The maximum absolute atomic E-state index is 11.0. The fraction of sp³-hybridized carbons (Fsp3) is 0.333. The van der Waals surface area contributed by atoms with Gasteiger partial charge in [-0.1, -0.05) is 25.1 Å². The molecule has 0 bridgehead atoms. The summed E-state index contributed by atoms with van der Waals surface area (Å²) in [6.07, 6.45) is 2.83. The maximum atomic E-state index is 11.0. The van der Waals surface area contributed by atoms with Gasteiger partial charge in [0.1, 0.15) is 0 Å². The predicted molar refractivity (Wildman–Crippen MR) is 74.7 cm³/mol. The minimum atomic E-state index is -1.41. The second-order valence-electron chi connectivity index (χ2n) is 4.80. The smallest absolute Gasteiger partial charge is 0.318 e. The van der Waals surface area contributed by atoms with Crippen molar-refractivity contribution >= 4 is 22.8 Å². The normalized spacial score (nSPS) is 11.1. The van der Waals surface area contributed by atoms with Crippen LogP contribution in [0.2, 0.25) is 0 Å². The number of aliphatic carboxylic acids is 2. The van der Waals surface area contributed by atoms with Gasteiger partial charge in [0.25, 0.3) is 0 Å². The molecule has 106 valence electrons. The van der Waals surface area contributed by atoms with Crippen molar-refractivity contribution in [2.45, 2.75) is 26.3 Å². The molecule has 0 unspecified atom stereocenters. The van der Waals surface area contributed by atoms with Gasteiger partial charge in [-0.3, -0.25) is 9.59 Å². The number of fused-ring (bicyclic) bond motifs is 1. The monoisotopic (exact) mass is 275 g/mol. The van der Waals surface area contributed by atoms with Gasteiger partial charge in [0.2, 0.25) is 0 Å². The Morgan fingerprint density at radius 1 is 1.20 bits per heavy atom. The molecule has 2 N–H and O–H groups in total. The number of carboxylic acid groups (broad SMARTS) is 2. The highest BCUT2D eigenvalue weighted by Gasteiger charge is 2.27. The molecule has 0 saturated carbocycles. The third-order valence-corrected chi connectivity index (χ3v) is 3.36. The average Bonchev–Trinajstić information content (AvgIpc) is 2.74. The summed E-state index contributed by atoms with van der Waals surface area (Å²) < 4.78 is 2.05. The molecule has 0 saturated heterocycles. The van der Waals surface area contributed by atoms with E-state index in [-0.39, 0.29) is 6.42 Å². The number of para-hydroxylation sites is 1. The zero-order chi connectivity index (χ0) is 14.7. The SMILES string of the molecule is CCCn1cc(CC(C(=O)O)C(=O)O)c2ccccc21. The molecular formula is C15H17NO4. The first-order valence-electron chi connectivity index (χ1n) is 6.57. The lowest BCUT2D eigenvalue weighted by Crippen LogP contribution is -2.25. The molecule has 1 heterocycles. The first kappa shape index (κ1) is 14.1. The van der Waals surface area contributed by atoms with Crippen molar-refractivity contribution in [2.75, 3.05) is 0 Å². The molecule has 20 heavy (non-hydrogen) atoms. The number of benzene rings is 1. The highest BCUT2D eigenvalue weighted by atomic mass is 16.4. The van der Waals surface area contributed by atoms with E-state index >= 15 is 0 Å². The van der Waals surface area contributed by atoms with Crippen LogP contribution in [0.15, 0.2) is 30.5 Å². The second-order valence-corrected chi connectivity index (χ2v) is 4.80. The average molecular weight is 275 g/mol. The Balaban J connectivity index is 2.43. The van der Waals surface area contributed by atoms with Gasteiger partial charge in [-0.05, 0) is 24.5 Å². The quantitative estimate of drug-likeness (QED) is 0.793. The van der Waals surface area contributed by atoms with Crippen molar-refractivity contribution in [1.29, 1.82) is 0 Å². The zero-order valence-electron chi connectivity index (χ0n) is 11.2. The van der Waals surface area contributed by atoms with Gasteiger partial charge in [0, 0.05) is 23.6 Å². The van der Waals surface area contributed by atoms with Gasteiger partial charge in [-0.15, -0.1) is 0 Å². The van der Waals surface area contributed by atoms with Crippen molar-refractivity contribution in [1.82, 2.24) is 4.57 Å². The second kappa shape index (κ2) is 5.77. The molecule has 1 aromatic heterocycles. The summed E-state index contributed by atoms with van der Waals surface area (Å²) in [5, 5.41) is 18.9. The van der Waals surface area contributed by atoms with E-state index in [4.69, 9.17) is 10.2 Å². The lowest BCUT2D eigenvalue weighted by Gasteiger charge is -2.05. The van der Waals surface area contributed by atoms with Gasteiger partial charge in [-0.2, -0.15) is 0 Å². The van der Waals surface area contributed by atoms with Gasteiger partial charge in [-0.25, -0.2) is 0 Å². The van der Waals surface area contributed by atoms with Gasteiger partial charge in [0.15, 0.2) is 5.92 Å². The third-order valence-electron chi connectivity index (χ3n) is 3.36. The number of hydrogen-bond donors (Lipinski definition) is 2. The fourth-order valence-electron chi connectivity index (χ4n) is 2.41. The molecule has 0 radical (unpaired) electrons. The number of aromatic nitrogens is 1. The number of aryl methyl sites for hydroxylation is 1.